The molecule has 1 N–H and O–H groups in total. The average molecular weight is 423 g/mol. The van der Waals surface area contributed by atoms with Crippen LogP contribution in [-0.4, -0.2) is 51.2 Å². The van der Waals surface area contributed by atoms with Gasteiger partial charge in [-0.1, -0.05) is 12.1 Å². The first-order valence-corrected chi connectivity index (χ1v) is 11.6. The summed E-state index contributed by atoms with van der Waals surface area (Å²) in [5.41, 5.74) is 3.27. The first-order valence-electron chi connectivity index (χ1n) is 10.7. The lowest BCUT2D eigenvalue weighted by Crippen LogP contribution is -2.40. The monoisotopic (exact) mass is 422 g/mol. The minimum atomic E-state index is 0.0809. The van der Waals surface area contributed by atoms with Crippen molar-refractivity contribution in [3.05, 3.63) is 52.0 Å². The quantitative estimate of drug-likeness (QED) is 0.697. The Hall–Kier alpha value is -2.67. The smallest absolute Gasteiger partial charge is 0.223 e. The number of thiophene rings is 1. The number of fused-ring (bicyclic) bond motifs is 2. The number of carbonyl (C=O) groups is 2. The van der Waals surface area contributed by atoms with Crippen LogP contribution in [0.4, 0.5) is 0 Å². The molecule has 0 bridgehead atoms. The summed E-state index contributed by atoms with van der Waals surface area (Å²) in [7, 11) is 0. The van der Waals surface area contributed by atoms with Gasteiger partial charge in [-0.25, -0.2) is 4.98 Å². The number of hydrogen-bond donors (Lipinski definition) is 1. The van der Waals surface area contributed by atoms with E-state index in [0.29, 0.717) is 25.9 Å². The zero-order valence-electron chi connectivity index (χ0n) is 17.0. The van der Waals surface area contributed by atoms with Gasteiger partial charge in [-0.3, -0.25) is 9.59 Å². The van der Waals surface area contributed by atoms with Gasteiger partial charge >= 0.3 is 0 Å². The zero-order chi connectivity index (χ0) is 20.5. The summed E-state index contributed by atoms with van der Waals surface area (Å²) in [6.45, 7) is 2.89. The number of rotatable bonds is 4. The minimum absolute atomic E-state index is 0.0809. The molecule has 2 aliphatic rings. The fourth-order valence-electron chi connectivity index (χ4n) is 4.58. The standard InChI is InChI=1S/C23H26N4O2S/c28-21(7-8-22(29)27-12-9-20-16(14-27)10-13-30-20)26-11-3-4-17(15-26)23-24-18-5-1-2-6-19(18)25-23/h1-2,5-6,10,13,17H,3-4,7-9,11-12,14-15H2,(H,24,25). The van der Waals surface area contributed by atoms with E-state index in [1.54, 1.807) is 11.3 Å². The maximum absolute atomic E-state index is 12.8. The molecule has 1 fully saturated rings. The van der Waals surface area contributed by atoms with Crippen LogP contribution < -0.4 is 0 Å². The Kier molecular flexibility index (Phi) is 5.29. The van der Waals surface area contributed by atoms with Crippen LogP contribution in [0.1, 0.15) is 47.9 Å². The highest BCUT2D eigenvalue weighted by atomic mass is 32.1. The second-order valence-corrected chi connectivity index (χ2v) is 9.25. The molecule has 30 heavy (non-hydrogen) atoms. The SMILES string of the molecule is O=C(CCC(=O)N1CCCC(c2nc3ccccc3[nH]2)C1)N1CCc2sccc2C1. The third kappa shape index (κ3) is 3.86. The number of imidazole rings is 1. The Labute approximate surface area is 179 Å². The summed E-state index contributed by atoms with van der Waals surface area (Å²) in [5.74, 6) is 1.36. The summed E-state index contributed by atoms with van der Waals surface area (Å²) < 4.78 is 0. The molecule has 1 aromatic carbocycles. The van der Waals surface area contributed by atoms with Gasteiger partial charge in [-0.2, -0.15) is 0 Å². The Morgan fingerprint density at radius 2 is 1.93 bits per heavy atom. The normalized spacial score (nSPS) is 19.1. The minimum Gasteiger partial charge on any atom is -0.342 e. The molecule has 0 aliphatic carbocycles. The van der Waals surface area contributed by atoms with Gasteiger partial charge in [-0.05, 0) is 48.4 Å². The Balaban J connectivity index is 1.16. The predicted octanol–water partition coefficient (Wildman–Crippen LogP) is 3.70. The van der Waals surface area contributed by atoms with Gasteiger partial charge in [0.1, 0.15) is 5.82 Å². The van der Waals surface area contributed by atoms with E-state index in [1.807, 2.05) is 34.1 Å². The lowest BCUT2D eigenvalue weighted by atomic mass is 9.97. The van der Waals surface area contributed by atoms with E-state index in [2.05, 4.69) is 16.4 Å². The molecule has 7 heteroatoms. The number of amides is 2. The predicted molar refractivity (Wildman–Crippen MR) is 117 cm³/mol. The van der Waals surface area contributed by atoms with E-state index >= 15 is 0 Å². The second-order valence-electron chi connectivity index (χ2n) is 8.25. The molecule has 5 rings (SSSR count). The van der Waals surface area contributed by atoms with Gasteiger partial charge in [0, 0.05) is 49.8 Å². The second kappa shape index (κ2) is 8.22. The summed E-state index contributed by atoms with van der Waals surface area (Å²) in [6.07, 6.45) is 3.51. The topological polar surface area (TPSA) is 69.3 Å². The van der Waals surface area contributed by atoms with Gasteiger partial charge in [-0.15, -0.1) is 11.3 Å². The van der Waals surface area contributed by atoms with Crippen molar-refractivity contribution in [2.75, 3.05) is 19.6 Å². The number of carbonyl (C=O) groups excluding carboxylic acids is 2. The maximum Gasteiger partial charge on any atom is 0.223 e. The molecule has 1 saturated heterocycles. The van der Waals surface area contributed by atoms with Crippen molar-refractivity contribution in [1.82, 2.24) is 19.8 Å². The van der Waals surface area contributed by atoms with Crippen molar-refractivity contribution in [3.63, 3.8) is 0 Å². The van der Waals surface area contributed by atoms with Crippen LogP contribution >= 0.6 is 11.3 Å². The molecule has 6 nitrogen and oxygen atoms in total. The number of nitrogens with one attached hydrogen (secondary N) is 1. The number of likely N-dealkylation sites (tertiary alicyclic amines) is 1. The molecule has 1 unspecified atom stereocenters. The van der Waals surface area contributed by atoms with Crippen molar-refractivity contribution in [2.24, 2.45) is 0 Å². The number of hydrogen-bond acceptors (Lipinski definition) is 4. The van der Waals surface area contributed by atoms with Gasteiger partial charge in [0.25, 0.3) is 0 Å². The third-order valence-corrected chi connectivity index (χ3v) is 7.30. The molecule has 0 radical (unpaired) electrons. The summed E-state index contributed by atoms with van der Waals surface area (Å²) in [4.78, 5) is 38.8. The summed E-state index contributed by atoms with van der Waals surface area (Å²) in [6, 6.07) is 10.1. The third-order valence-electron chi connectivity index (χ3n) is 6.28. The highest BCUT2D eigenvalue weighted by molar-refractivity contribution is 7.10. The fraction of sp³-hybridized carbons (Fsp3) is 0.435. The van der Waals surface area contributed by atoms with E-state index in [0.717, 1.165) is 49.2 Å². The number of piperidine rings is 1. The maximum atomic E-state index is 12.8. The van der Waals surface area contributed by atoms with Gasteiger partial charge in [0.05, 0.1) is 11.0 Å². The van der Waals surface area contributed by atoms with Crippen LogP contribution in [0.2, 0.25) is 0 Å². The van der Waals surface area contributed by atoms with Crippen LogP contribution in [0.3, 0.4) is 0 Å². The van der Waals surface area contributed by atoms with E-state index in [9.17, 15) is 9.59 Å². The molecule has 4 heterocycles. The van der Waals surface area contributed by atoms with Gasteiger partial charge in [0.15, 0.2) is 0 Å². The van der Waals surface area contributed by atoms with Crippen molar-refractivity contribution in [3.8, 4) is 0 Å². The first-order chi connectivity index (χ1) is 14.7. The first kappa shape index (κ1) is 19.3. The highest BCUT2D eigenvalue weighted by Crippen LogP contribution is 2.28. The van der Waals surface area contributed by atoms with Crippen molar-refractivity contribution < 1.29 is 9.59 Å². The number of aromatic nitrogens is 2. The summed E-state index contributed by atoms with van der Waals surface area (Å²) >= 11 is 1.77. The van der Waals surface area contributed by atoms with Crippen LogP contribution in [0.5, 0.6) is 0 Å². The van der Waals surface area contributed by atoms with Crippen LogP contribution in [0.15, 0.2) is 35.7 Å². The van der Waals surface area contributed by atoms with Crippen LogP contribution in [-0.2, 0) is 22.6 Å². The lowest BCUT2D eigenvalue weighted by Gasteiger charge is -2.32. The number of para-hydroxylation sites is 2. The molecule has 2 aliphatic heterocycles. The highest BCUT2D eigenvalue weighted by Gasteiger charge is 2.28. The zero-order valence-corrected chi connectivity index (χ0v) is 17.8. The van der Waals surface area contributed by atoms with Gasteiger partial charge < -0.3 is 14.8 Å². The fourth-order valence-corrected chi connectivity index (χ4v) is 5.47. The average Bonchev–Trinajstić information content (AvgIpc) is 3.43. The van der Waals surface area contributed by atoms with E-state index in [1.165, 1.54) is 10.4 Å². The molecule has 156 valence electrons. The number of H-pyrrole nitrogens is 1. The molecule has 3 aromatic rings. The Morgan fingerprint density at radius 1 is 1.10 bits per heavy atom. The van der Waals surface area contributed by atoms with Crippen molar-refractivity contribution >= 4 is 34.2 Å². The van der Waals surface area contributed by atoms with Gasteiger partial charge in [0.2, 0.25) is 11.8 Å². The van der Waals surface area contributed by atoms with Crippen molar-refractivity contribution in [2.45, 2.75) is 44.6 Å². The van der Waals surface area contributed by atoms with E-state index in [4.69, 9.17) is 4.98 Å². The number of aromatic amines is 1. The summed E-state index contributed by atoms with van der Waals surface area (Å²) in [5, 5.41) is 2.09. The van der Waals surface area contributed by atoms with Crippen LogP contribution in [0, 0.1) is 0 Å². The Morgan fingerprint density at radius 3 is 2.80 bits per heavy atom. The molecule has 2 aromatic heterocycles. The molecule has 0 spiro atoms. The molecular formula is C23H26N4O2S. The van der Waals surface area contributed by atoms with E-state index in [-0.39, 0.29) is 17.7 Å². The molecular weight excluding hydrogens is 396 g/mol. The number of nitrogens with zero attached hydrogens (tertiary/aromatic N) is 3. The number of benzene rings is 1. The van der Waals surface area contributed by atoms with E-state index < -0.39 is 0 Å². The molecule has 2 amide bonds. The molecule has 0 saturated carbocycles. The van der Waals surface area contributed by atoms with Crippen LogP contribution in [0.25, 0.3) is 11.0 Å². The largest absolute Gasteiger partial charge is 0.342 e. The molecule has 1 atom stereocenters. The Bertz CT molecular complexity index is 1040. The lowest BCUT2D eigenvalue weighted by molar-refractivity contribution is -0.138. The van der Waals surface area contributed by atoms with Crippen molar-refractivity contribution in [1.29, 1.82) is 0 Å².